The first-order valence-electron chi connectivity index (χ1n) is 9.61. The minimum Gasteiger partial charge on any atom is -0.497 e. The maximum absolute atomic E-state index is 12.1. The van der Waals surface area contributed by atoms with E-state index in [9.17, 15) is 4.79 Å². The molecule has 0 bridgehead atoms. The summed E-state index contributed by atoms with van der Waals surface area (Å²) in [7, 11) is 1.68. The van der Waals surface area contributed by atoms with Crippen LogP contribution in [0.2, 0.25) is 0 Å². The summed E-state index contributed by atoms with van der Waals surface area (Å²) in [5, 5.41) is 0. The van der Waals surface area contributed by atoms with Gasteiger partial charge in [0.15, 0.2) is 0 Å². The van der Waals surface area contributed by atoms with Gasteiger partial charge in [0.05, 0.1) is 19.9 Å². The molecular weight excluding hydrogens is 350 g/mol. The molecule has 0 aliphatic rings. The molecule has 0 aliphatic heterocycles. The van der Waals surface area contributed by atoms with Crippen molar-refractivity contribution in [1.29, 1.82) is 0 Å². The Morgan fingerprint density at radius 1 is 1.04 bits per heavy atom. The molecule has 0 fully saturated rings. The average Bonchev–Trinajstić information content (AvgIpc) is 3.24. The summed E-state index contributed by atoms with van der Waals surface area (Å²) in [6.45, 7) is 2.80. The zero-order valence-electron chi connectivity index (χ0n) is 16.5. The number of carbonyl (C=O) groups excluding carboxylic acids is 1. The van der Waals surface area contributed by atoms with Crippen molar-refractivity contribution in [3.63, 3.8) is 0 Å². The van der Waals surface area contributed by atoms with Crippen LogP contribution in [0, 0.1) is 0 Å². The van der Waals surface area contributed by atoms with Gasteiger partial charge in [0.25, 0.3) is 0 Å². The van der Waals surface area contributed by atoms with E-state index in [1.54, 1.807) is 20.3 Å². The first-order valence-corrected chi connectivity index (χ1v) is 9.61. The number of benzene rings is 2. The monoisotopic (exact) mass is 377 g/mol. The van der Waals surface area contributed by atoms with Crippen LogP contribution in [0.25, 0.3) is 0 Å². The SMILES string of the molecule is COc1ccc(C(CCN(Cc2ccco2)C(C)=O)Cc2ccccc2)cc1. The van der Waals surface area contributed by atoms with Gasteiger partial charge < -0.3 is 14.1 Å². The minimum absolute atomic E-state index is 0.0598. The topological polar surface area (TPSA) is 42.7 Å². The van der Waals surface area contributed by atoms with Crippen LogP contribution in [-0.2, 0) is 17.8 Å². The Morgan fingerprint density at radius 2 is 1.79 bits per heavy atom. The van der Waals surface area contributed by atoms with Gasteiger partial charge in [-0.05, 0) is 54.2 Å². The summed E-state index contributed by atoms with van der Waals surface area (Å²) < 4.78 is 10.7. The largest absolute Gasteiger partial charge is 0.497 e. The molecule has 0 saturated heterocycles. The zero-order valence-corrected chi connectivity index (χ0v) is 16.5. The van der Waals surface area contributed by atoms with E-state index in [2.05, 4.69) is 36.4 Å². The van der Waals surface area contributed by atoms with E-state index in [1.165, 1.54) is 11.1 Å². The average molecular weight is 377 g/mol. The van der Waals surface area contributed by atoms with E-state index < -0.39 is 0 Å². The lowest BCUT2D eigenvalue weighted by atomic mass is 9.89. The molecule has 0 saturated carbocycles. The predicted octanol–water partition coefficient (Wildman–Crippen LogP) is 5.05. The first kappa shape index (κ1) is 19.7. The highest BCUT2D eigenvalue weighted by Gasteiger charge is 2.17. The van der Waals surface area contributed by atoms with Gasteiger partial charge in [0.2, 0.25) is 5.91 Å². The van der Waals surface area contributed by atoms with Gasteiger partial charge in [0, 0.05) is 13.5 Å². The quantitative estimate of drug-likeness (QED) is 0.524. The lowest BCUT2D eigenvalue weighted by molar-refractivity contribution is -0.129. The van der Waals surface area contributed by atoms with Crippen molar-refractivity contribution in [2.45, 2.75) is 32.2 Å². The number of methoxy groups -OCH3 is 1. The zero-order chi connectivity index (χ0) is 19.8. The van der Waals surface area contributed by atoms with Crippen molar-refractivity contribution in [3.8, 4) is 5.75 Å². The fraction of sp³-hybridized carbons (Fsp3) is 0.292. The van der Waals surface area contributed by atoms with Crippen molar-refractivity contribution in [1.82, 2.24) is 4.90 Å². The Kier molecular flexibility index (Phi) is 6.90. The van der Waals surface area contributed by atoms with E-state index in [0.717, 1.165) is 24.4 Å². The van der Waals surface area contributed by atoms with Crippen LogP contribution in [-0.4, -0.2) is 24.5 Å². The predicted molar refractivity (Wildman–Crippen MR) is 110 cm³/mol. The van der Waals surface area contributed by atoms with Gasteiger partial charge in [0.1, 0.15) is 11.5 Å². The van der Waals surface area contributed by atoms with E-state index in [4.69, 9.17) is 9.15 Å². The Balaban J connectivity index is 1.74. The van der Waals surface area contributed by atoms with Crippen LogP contribution in [0.15, 0.2) is 77.4 Å². The molecule has 0 radical (unpaired) electrons. The van der Waals surface area contributed by atoms with Crippen molar-refractivity contribution in [2.75, 3.05) is 13.7 Å². The van der Waals surface area contributed by atoms with Crippen LogP contribution >= 0.6 is 0 Å². The van der Waals surface area contributed by atoms with E-state index in [1.807, 2.05) is 35.2 Å². The van der Waals surface area contributed by atoms with E-state index in [0.29, 0.717) is 19.0 Å². The molecular formula is C24H27NO3. The molecule has 28 heavy (non-hydrogen) atoms. The molecule has 4 heteroatoms. The second kappa shape index (κ2) is 9.79. The lowest BCUT2D eigenvalue weighted by Crippen LogP contribution is -2.30. The van der Waals surface area contributed by atoms with Gasteiger partial charge >= 0.3 is 0 Å². The maximum Gasteiger partial charge on any atom is 0.219 e. The fourth-order valence-electron chi connectivity index (χ4n) is 3.41. The molecule has 2 aromatic carbocycles. The summed E-state index contributed by atoms with van der Waals surface area (Å²) in [6, 6.07) is 22.5. The van der Waals surface area contributed by atoms with Gasteiger partial charge in [-0.3, -0.25) is 4.79 Å². The van der Waals surface area contributed by atoms with Crippen molar-refractivity contribution < 1.29 is 13.9 Å². The number of hydrogen-bond donors (Lipinski definition) is 0. The molecule has 1 aromatic heterocycles. The Morgan fingerprint density at radius 3 is 2.39 bits per heavy atom. The minimum atomic E-state index is 0.0598. The van der Waals surface area contributed by atoms with E-state index in [-0.39, 0.29) is 5.91 Å². The van der Waals surface area contributed by atoms with Crippen molar-refractivity contribution in [2.24, 2.45) is 0 Å². The number of hydrogen-bond acceptors (Lipinski definition) is 3. The molecule has 3 rings (SSSR count). The van der Waals surface area contributed by atoms with Gasteiger partial charge in [-0.15, -0.1) is 0 Å². The normalized spacial score (nSPS) is 11.8. The van der Waals surface area contributed by atoms with Crippen molar-refractivity contribution >= 4 is 5.91 Å². The van der Waals surface area contributed by atoms with Gasteiger partial charge in [-0.1, -0.05) is 42.5 Å². The third-order valence-corrected chi connectivity index (χ3v) is 5.03. The number of furan rings is 1. The molecule has 0 spiro atoms. The van der Waals surface area contributed by atoms with Gasteiger partial charge in [-0.25, -0.2) is 0 Å². The highest BCUT2D eigenvalue weighted by molar-refractivity contribution is 5.73. The Hall–Kier alpha value is -3.01. The highest BCUT2D eigenvalue weighted by Crippen LogP contribution is 2.27. The number of nitrogens with zero attached hydrogens (tertiary/aromatic N) is 1. The second-order valence-corrected chi connectivity index (χ2v) is 6.97. The lowest BCUT2D eigenvalue weighted by Gasteiger charge is -2.24. The summed E-state index contributed by atoms with van der Waals surface area (Å²) in [4.78, 5) is 14.0. The summed E-state index contributed by atoms with van der Waals surface area (Å²) >= 11 is 0. The summed E-state index contributed by atoms with van der Waals surface area (Å²) in [5.41, 5.74) is 2.55. The number of carbonyl (C=O) groups is 1. The third kappa shape index (κ3) is 5.49. The third-order valence-electron chi connectivity index (χ3n) is 5.03. The van der Waals surface area contributed by atoms with Crippen LogP contribution in [0.5, 0.6) is 5.75 Å². The van der Waals surface area contributed by atoms with E-state index >= 15 is 0 Å². The molecule has 0 N–H and O–H groups in total. The molecule has 1 heterocycles. The number of rotatable bonds is 9. The van der Waals surface area contributed by atoms with Crippen molar-refractivity contribution in [3.05, 3.63) is 89.9 Å². The Labute approximate surface area is 166 Å². The van der Waals surface area contributed by atoms with Crippen LogP contribution in [0.1, 0.15) is 36.1 Å². The standard InChI is InChI=1S/C24H27NO3/c1-19(26)25(18-24-9-6-16-28-24)15-14-22(17-20-7-4-3-5-8-20)21-10-12-23(27-2)13-11-21/h3-13,16,22H,14-15,17-18H2,1-2H3. The molecule has 146 valence electrons. The van der Waals surface area contributed by atoms with Gasteiger partial charge in [-0.2, -0.15) is 0 Å². The molecule has 4 nitrogen and oxygen atoms in total. The molecule has 0 aliphatic carbocycles. The highest BCUT2D eigenvalue weighted by atomic mass is 16.5. The Bertz CT molecular complexity index is 841. The summed E-state index contributed by atoms with van der Waals surface area (Å²) in [5.74, 6) is 2.03. The first-order chi connectivity index (χ1) is 13.7. The number of amides is 1. The molecule has 1 atom stereocenters. The van der Waals surface area contributed by atoms with Crippen LogP contribution < -0.4 is 4.74 Å². The van der Waals surface area contributed by atoms with Crippen LogP contribution in [0.3, 0.4) is 0 Å². The molecule has 1 unspecified atom stereocenters. The molecule has 3 aromatic rings. The molecule has 1 amide bonds. The second-order valence-electron chi connectivity index (χ2n) is 6.97. The smallest absolute Gasteiger partial charge is 0.219 e. The van der Waals surface area contributed by atoms with Crippen LogP contribution in [0.4, 0.5) is 0 Å². The maximum atomic E-state index is 12.1. The fourth-order valence-corrected chi connectivity index (χ4v) is 3.41. The summed E-state index contributed by atoms with van der Waals surface area (Å²) in [6.07, 6.45) is 3.45. The number of ether oxygens (including phenoxy) is 1.